The number of nitrogens with one attached hydrogen (secondary N) is 1. The van der Waals surface area contributed by atoms with E-state index in [1.54, 1.807) is 6.07 Å². The van der Waals surface area contributed by atoms with E-state index in [9.17, 15) is 4.79 Å². The van der Waals surface area contributed by atoms with Gasteiger partial charge in [0.15, 0.2) is 5.78 Å². The Morgan fingerprint density at radius 2 is 2.13 bits per heavy atom. The molecule has 0 aromatic carbocycles. The average Bonchev–Trinajstić information content (AvgIpc) is 2.65. The first-order valence-electron chi connectivity index (χ1n) is 4.77. The molecule has 2 nitrogen and oxygen atoms in total. The Morgan fingerprint density at radius 1 is 1.47 bits per heavy atom. The first kappa shape index (κ1) is 13.0. The van der Waals surface area contributed by atoms with Crippen LogP contribution in [-0.2, 0) is 0 Å². The van der Waals surface area contributed by atoms with Gasteiger partial charge < -0.3 is 5.32 Å². The van der Waals surface area contributed by atoms with E-state index in [-0.39, 0.29) is 24.1 Å². The molecular formula is C10H13Cl2NOS. The zero-order chi connectivity index (χ0) is 9.97. The van der Waals surface area contributed by atoms with Crippen LogP contribution in [0.5, 0.6) is 0 Å². The lowest BCUT2D eigenvalue weighted by molar-refractivity contribution is 0.0899. The molecule has 0 aliphatic carbocycles. The zero-order valence-electron chi connectivity index (χ0n) is 8.16. The predicted molar refractivity (Wildman–Crippen MR) is 66.5 cm³/mol. The van der Waals surface area contributed by atoms with Crippen molar-refractivity contribution in [2.75, 3.05) is 13.1 Å². The second-order valence-electron chi connectivity index (χ2n) is 3.49. The fraction of sp³-hybridized carbons (Fsp3) is 0.500. The van der Waals surface area contributed by atoms with Crippen LogP contribution in [0.4, 0.5) is 0 Å². The Bertz CT molecular complexity index is 334. The minimum absolute atomic E-state index is 0. The quantitative estimate of drug-likeness (QED) is 0.834. The molecule has 2 rings (SSSR count). The standard InChI is InChI=1S/C10H12ClNOS.ClH/c11-8-3-6-14-10(8)9(13)7-1-4-12-5-2-7;/h3,6-7,12H,1-2,4-5H2;1H. The Kier molecular flexibility index (Phi) is 5.06. The summed E-state index contributed by atoms with van der Waals surface area (Å²) in [6, 6.07) is 1.79. The number of carbonyl (C=O) groups excluding carboxylic acids is 1. The van der Waals surface area contributed by atoms with Gasteiger partial charge in [0.2, 0.25) is 0 Å². The molecular weight excluding hydrogens is 253 g/mol. The molecule has 1 aromatic rings. The Balaban J connectivity index is 0.00000112. The van der Waals surface area contributed by atoms with Gasteiger partial charge >= 0.3 is 0 Å². The van der Waals surface area contributed by atoms with Gasteiger partial charge in [-0.1, -0.05) is 11.6 Å². The van der Waals surface area contributed by atoms with Crippen molar-refractivity contribution in [3.63, 3.8) is 0 Å². The Labute approximate surface area is 104 Å². The molecule has 0 amide bonds. The van der Waals surface area contributed by atoms with Crippen molar-refractivity contribution in [3.05, 3.63) is 21.3 Å². The summed E-state index contributed by atoms with van der Waals surface area (Å²) in [6.45, 7) is 1.89. The summed E-state index contributed by atoms with van der Waals surface area (Å²) in [7, 11) is 0. The average molecular weight is 266 g/mol. The molecule has 0 atom stereocenters. The van der Waals surface area contributed by atoms with Gasteiger partial charge in [-0.15, -0.1) is 23.7 Å². The van der Waals surface area contributed by atoms with Gasteiger partial charge in [-0.25, -0.2) is 0 Å². The van der Waals surface area contributed by atoms with Crippen molar-refractivity contribution in [2.24, 2.45) is 5.92 Å². The van der Waals surface area contributed by atoms with Gasteiger partial charge in [-0.3, -0.25) is 4.79 Å². The van der Waals surface area contributed by atoms with Crippen molar-refractivity contribution in [3.8, 4) is 0 Å². The second-order valence-corrected chi connectivity index (χ2v) is 4.81. The van der Waals surface area contributed by atoms with Gasteiger partial charge in [-0.2, -0.15) is 0 Å². The molecule has 0 bridgehead atoms. The van der Waals surface area contributed by atoms with E-state index in [4.69, 9.17) is 11.6 Å². The largest absolute Gasteiger partial charge is 0.317 e. The molecule has 1 fully saturated rings. The Hall–Kier alpha value is -0.0900. The SMILES string of the molecule is Cl.O=C(c1sccc1Cl)C1CCNCC1. The van der Waals surface area contributed by atoms with Gasteiger partial charge in [0, 0.05) is 5.92 Å². The van der Waals surface area contributed by atoms with Crippen LogP contribution in [0.2, 0.25) is 5.02 Å². The van der Waals surface area contributed by atoms with Gasteiger partial charge in [0.05, 0.1) is 9.90 Å². The lowest BCUT2D eigenvalue weighted by Gasteiger charge is -2.20. The summed E-state index contributed by atoms with van der Waals surface area (Å²) < 4.78 is 0. The van der Waals surface area contributed by atoms with Crippen LogP contribution >= 0.6 is 35.3 Å². The molecule has 0 spiro atoms. The number of hydrogen-bond donors (Lipinski definition) is 1. The topological polar surface area (TPSA) is 29.1 Å². The molecule has 1 N–H and O–H groups in total. The van der Waals surface area contributed by atoms with Crippen LogP contribution in [0, 0.1) is 5.92 Å². The van der Waals surface area contributed by atoms with E-state index < -0.39 is 0 Å². The second kappa shape index (κ2) is 5.85. The molecule has 0 radical (unpaired) electrons. The molecule has 5 heteroatoms. The van der Waals surface area contributed by atoms with E-state index in [0.717, 1.165) is 30.8 Å². The molecule has 1 aromatic heterocycles. The molecule has 1 saturated heterocycles. The summed E-state index contributed by atoms with van der Waals surface area (Å²) in [5.74, 6) is 0.402. The van der Waals surface area contributed by atoms with Gasteiger partial charge in [-0.05, 0) is 37.4 Å². The van der Waals surface area contributed by atoms with Crippen LogP contribution in [0.3, 0.4) is 0 Å². The number of Topliss-reactive ketones (excluding diaryl/α,β-unsaturated/α-hetero) is 1. The van der Waals surface area contributed by atoms with Crippen LogP contribution in [0.15, 0.2) is 11.4 Å². The number of rotatable bonds is 2. The minimum Gasteiger partial charge on any atom is -0.317 e. The van der Waals surface area contributed by atoms with E-state index in [0.29, 0.717) is 5.02 Å². The fourth-order valence-electron chi connectivity index (χ4n) is 1.74. The first-order valence-corrected chi connectivity index (χ1v) is 6.02. The maximum absolute atomic E-state index is 12.0. The molecule has 2 heterocycles. The maximum Gasteiger partial charge on any atom is 0.177 e. The third kappa shape index (κ3) is 2.94. The monoisotopic (exact) mass is 265 g/mol. The van der Waals surface area contributed by atoms with Crippen molar-refractivity contribution in [1.82, 2.24) is 5.32 Å². The number of thiophene rings is 1. The van der Waals surface area contributed by atoms with E-state index in [1.807, 2.05) is 5.38 Å². The number of carbonyl (C=O) groups is 1. The van der Waals surface area contributed by atoms with Crippen molar-refractivity contribution in [1.29, 1.82) is 0 Å². The molecule has 0 unspecified atom stereocenters. The fourth-order valence-corrected chi connectivity index (χ4v) is 2.91. The van der Waals surface area contributed by atoms with Crippen LogP contribution in [-0.4, -0.2) is 18.9 Å². The molecule has 0 saturated carbocycles. The van der Waals surface area contributed by atoms with Crippen molar-refractivity contribution < 1.29 is 4.79 Å². The molecule has 84 valence electrons. The van der Waals surface area contributed by atoms with Crippen molar-refractivity contribution >= 4 is 41.1 Å². The van der Waals surface area contributed by atoms with Crippen molar-refractivity contribution in [2.45, 2.75) is 12.8 Å². The van der Waals surface area contributed by atoms with Gasteiger partial charge in [0.1, 0.15) is 0 Å². The number of halogens is 2. The highest BCUT2D eigenvalue weighted by Gasteiger charge is 2.24. The minimum atomic E-state index is 0. The first-order chi connectivity index (χ1) is 6.79. The van der Waals surface area contributed by atoms with Crippen LogP contribution in [0.1, 0.15) is 22.5 Å². The highest BCUT2D eigenvalue weighted by molar-refractivity contribution is 7.12. The third-order valence-electron chi connectivity index (χ3n) is 2.55. The molecule has 1 aliphatic heterocycles. The number of piperidine rings is 1. The zero-order valence-corrected chi connectivity index (χ0v) is 10.6. The summed E-state index contributed by atoms with van der Waals surface area (Å²) in [5.41, 5.74) is 0. The van der Waals surface area contributed by atoms with Crippen LogP contribution in [0.25, 0.3) is 0 Å². The summed E-state index contributed by atoms with van der Waals surface area (Å²) in [6.07, 6.45) is 1.88. The summed E-state index contributed by atoms with van der Waals surface area (Å²) in [4.78, 5) is 12.7. The smallest absolute Gasteiger partial charge is 0.177 e. The lowest BCUT2D eigenvalue weighted by Crippen LogP contribution is -2.31. The third-order valence-corrected chi connectivity index (χ3v) is 3.91. The van der Waals surface area contributed by atoms with E-state index in [2.05, 4.69) is 5.32 Å². The highest BCUT2D eigenvalue weighted by Crippen LogP contribution is 2.27. The maximum atomic E-state index is 12.0. The predicted octanol–water partition coefficient (Wildman–Crippen LogP) is 3.01. The molecule has 1 aliphatic rings. The normalized spacial score (nSPS) is 17.1. The Morgan fingerprint density at radius 3 is 2.67 bits per heavy atom. The molecule has 15 heavy (non-hydrogen) atoms. The summed E-state index contributed by atoms with van der Waals surface area (Å²) in [5, 5.41) is 5.73. The number of ketones is 1. The van der Waals surface area contributed by atoms with E-state index >= 15 is 0 Å². The van der Waals surface area contributed by atoms with Gasteiger partial charge in [0.25, 0.3) is 0 Å². The summed E-state index contributed by atoms with van der Waals surface area (Å²) >= 11 is 7.38. The lowest BCUT2D eigenvalue weighted by atomic mass is 9.93. The van der Waals surface area contributed by atoms with Crippen LogP contribution < -0.4 is 5.32 Å². The highest BCUT2D eigenvalue weighted by atomic mass is 35.5. The number of hydrogen-bond acceptors (Lipinski definition) is 3. The van der Waals surface area contributed by atoms with E-state index in [1.165, 1.54) is 11.3 Å².